The quantitative estimate of drug-likeness (QED) is 0.707. The summed E-state index contributed by atoms with van der Waals surface area (Å²) in [5.41, 5.74) is 0. The second-order valence-electron chi connectivity index (χ2n) is 4.39. The van der Waals surface area contributed by atoms with Gasteiger partial charge in [0, 0.05) is 26.7 Å². The maximum atomic E-state index is 11.8. The third-order valence-electron chi connectivity index (χ3n) is 3.01. The van der Waals surface area contributed by atoms with Crippen molar-refractivity contribution >= 4 is 12.0 Å². The van der Waals surface area contributed by atoms with E-state index in [1.165, 1.54) is 7.11 Å². The van der Waals surface area contributed by atoms with E-state index in [9.17, 15) is 9.59 Å². The summed E-state index contributed by atoms with van der Waals surface area (Å²) >= 11 is 0. The van der Waals surface area contributed by atoms with Crippen LogP contribution in [0.25, 0.3) is 0 Å². The molecule has 0 saturated carbocycles. The Balaban J connectivity index is 2.37. The highest BCUT2D eigenvalue weighted by Crippen LogP contribution is 2.01. The van der Waals surface area contributed by atoms with Crippen molar-refractivity contribution in [1.82, 2.24) is 15.1 Å². The van der Waals surface area contributed by atoms with Gasteiger partial charge >= 0.3 is 12.0 Å². The van der Waals surface area contributed by atoms with Crippen LogP contribution in [-0.4, -0.2) is 79.9 Å². The van der Waals surface area contributed by atoms with Crippen molar-refractivity contribution in [3.8, 4) is 0 Å². The smallest absolute Gasteiger partial charge is 0.334 e. The first-order chi connectivity index (χ1) is 8.54. The summed E-state index contributed by atoms with van der Waals surface area (Å²) in [5, 5.41) is 11.4. The number of rotatable bonds is 4. The molecule has 1 atom stereocenters. The fourth-order valence-corrected chi connectivity index (χ4v) is 1.81. The summed E-state index contributed by atoms with van der Waals surface area (Å²) in [4.78, 5) is 26.4. The van der Waals surface area contributed by atoms with E-state index >= 15 is 0 Å². The molecule has 104 valence electrons. The molecule has 1 fully saturated rings. The van der Waals surface area contributed by atoms with Crippen LogP contribution in [0.4, 0.5) is 4.79 Å². The number of hydrogen-bond donors (Lipinski definition) is 2. The van der Waals surface area contributed by atoms with Gasteiger partial charge in [0.05, 0.1) is 6.54 Å². The van der Waals surface area contributed by atoms with Crippen LogP contribution in [0.15, 0.2) is 0 Å². The Bertz CT molecular complexity index is 298. The molecule has 7 heteroatoms. The average molecular weight is 259 g/mol. The van der Waals surface area contributed by atoms with E-state index in [1.54, 1.807) is 4.90 Å². The number of hydrogen-bond acceptors (Lipinski definition) is 4. The molecular formula is C11H21N3O4. The van der Waals surface area contributed by atoms with E-state index in [0.29, 0.717) is 13.1 Å². The number of aliphatic carboxylic acids is 1. The molecule has 1 heterocycles. The van der Waals surface area contributed by atoms with Gasteiger partial charge in [0.1, 0.15) is 0 Å². The molecule has 1 unspecified atom stereocenters. The number of ether oxygens (including phenoxy) is 1. The molecule has 0 bridgehead atoms. The predicted molar refractivity (Wildman–Crippen MR) is 65.5 cm³/mol. The maximum absolute atomic E-state index is 11.8. The van der Waals surface area contributed by atoms with Crippen molar-refractivity contribution < 1.29 is 19.4 Å². The minimum Gasteiger partial charge on any atom is -0.479 e. The van der Waals surface area contributed by atoms with Crippen LogP contribution in [0.2, 0.25) is 0 Å². The molecule has 18 heavy (non-hydrogen) atoms. The monoisotopic (exact) mass is 259 g/mol. The van der Waals surface area contributed by atoms with E-state index in [-0.39, 0.29) is 12.6 Å². The summed E-state index contributed by atoms with van der Waals surface area (Å²) in [6.45, 7) is 3.14. The number of carboxylic acids is 1. The lowest BCUT2D eigenvalue weighted by Gasteiger charge is -2.22. The van der Waals surface area contributed by atoms with Gasteiger partial charge in [-0.1, -0.05) is 0 Å². The van der Waals surface area contributed by atoms with Crippen LogP contribution in [0.3, 0.4) is 0 Å². The SMILES string of the molecule is COC(CNC(=O)N1CCCN(C)CC1)C(=O)O. The fourth-order valence-electron chi connectivity index (χ4n) is 1.81. The lowest BCUT2D eigenvalue weighted by atomic mass is 10.3. The first kappa shape index (κ1) is 14.7. The van der Waals surface area contributed by atoms with Crippen molar-refractivity contribution in [3.05, 3.63) is 0 Å². The van der Waals surface area contributed by atoms with Crippen molar-refractivity contribution in [3.63, 3.8) is 0 Å². The van der Waals surface area contributed by atoms with Gasteiger partial charge in [-0.05, 0) is 20.0 Å². The molecule has 7 nitrogen and oxygen atoms in total. The summed E-state index contributed by atoms with van der Waals surface area (Å²) < 4.78 is 4.75. The van der Waals surface area contributed by atoms with Gasteiger partial charge in [-0.3, -0.25) is 0 Å². The number of carbonyl (C=O) groups is 2. The van der Waals surface area contributed by atoms with Crippen LogP contribution in [0.1, 0.15) is 6.42 Å². The molecule has 2 amide bonds. The van der Waals surface area contributed by atoms with Crippen LogP contribution >= 0.6 is 0 Å². The zero-order chi connectivity index (χ0) is 13.5. The topological polar surface area (TPSA) is 82.1 Å². The number of urea groups is 1. The van der Waals surface area contributed by atoms with E-state index in [4.69, 9.17) is 9.84 Å². The van der Waals surface area contributed by atoms with Crippen LogP contribution < -0.4 is 5.32 Å². The summed E-state index contributed by atoms with van der Waals surface area (Å²) in [6.07, 6.45) is -0.0695. The van der Waals surface area contributed by atoms with Crippen LogP contribution in [-0.2, 0) is 9.53 Å². The molecule has 2 N–H and O–H groups in total. The van der Waals surface area contributed by atoms with Gasteiger partial charge in [-0.25, -0.2) is 9.59 Å². The number of methoxy groups -OCH3 is 1. The van der Waals surface area contributed by atoms with E-state index in [0.717, 1.165) is 19.5 Å². The third-order valence-corrected chi connectivity index (χ3v) is 3.01. The van der Waals surface area contributed by atoms with Gasteiger partial charge in [0.2, 0.25) is 0 Å². The second kappa shape index (κ2) is 7.17. The fraction of sp³-hybridized carbons (Fsp3) is 0.818. The maximum Gasteiger partial charge on any atom is 0.334 e. The normalized spacial score (nSPS) is 19.1. The van der Waals surface area contributed by atoms with Crippen LogP contribution in [0.5, 0.6) is 0 Å². The van der Waals surface area contributed by atoms with Gasteiger partial charge in [-0.15, -0.1) is 0 Å². The summed E-state index contributed by atoms with van der Waals surface area (Å²) in [5.74, 6) is -1.08. The zero-order valence-corrected chi connectivity index (χ0v) is 10.9. The molecule has 0 radical (unpaired) electrons. The number of likely N-dealkylation sites (N-methyl/N-ethyl adjacent to an activating group) is 1. The van der Waals surface area contributed by atoms with E-state index in [1.807, 2.05) is 7.05 Å². The average Bonchev–Trinajstić information content (AvgIpc) is 2.54. The number of amides is 2. The minimum absolute atomic E-state index is 0.0169. The first-order valence-electron chi connectivity index (χ1n) is 6.01. The van der Waals surface area contributed by atoms with Crippen molar-refractivity contribution in [1.29, 1.82) is 0 Å². The van der Waals surface area contributed by atoms with Gasteiger partial charge in [-0.2, -0.15) is 0 Å². The minimum atomic E-state index is -1.08. The van der Waals surface area contributed by atoms with Crippen molar-refractivity contribution in [2.75, 3.05) is 46.9 Å². The molecule has 1 aliphatic heterocycles. The molecule has 0 aromatic rings. The van der Waals surface area contributed by atoms with Crippen molar-refractivity contribution in [2.24, 2.45) is 0 Å². The van der Waals surface area contributed by atoms with E-state index < -0.39 is 12.1 Å². The van der Waals surface area contributed by atoms with Gasteiger partial charge in [0.15, 0.2) is 6.10 Å². The largest absolute Gasteiger partial charge is 0.479 e. The Kier molecular flexibility index (Phi) is 5.87. The lowest BCUT2D eigenvalue weighted by Crippen LogP contribution is -2.46. The molecule has 1 rings (SSSR count). The standard InChI is InChI=1S/C11H21N3O4/c1-13-4-3-5-14(7-6-13)11(17)12-8-9(18-2)10(15)16/h9H,3-8H2,1-2H3,(H,12,17)(H,15,16). The number of nitrogens with one attached hydrogen (secondary N) is 1. The Hall–Kier alpha value is -1.34. The second-order valence-corrected chi connectivity index (χ2v) is 4.39. The summed E-state index contributed by atoms with van der Waals surface area (Å²) in [7, 11) is 3.33. The Labute approximate surface area is 107 Å². The van der Waals surface area contributed by atoms with Gasteiger partial charge < -0.3 is 25.0 Å². The number of nitrogens with zero attached hydrogens (tertiary/aromatic N) is 2. The zero-order valence-electron chi connectivity index (χ0n) is 10.9. The van der Waals surface area contributed by atoms with Gasteiger partial charge in [0.25, 0.3) is 0 Å². The highest BCUT2D eigenvalue weighted by atomic mass is 16.5. The van der Waals surface area contributed by atoms with E-state index in [2.05, 4.69) is 10.2 Å². The molecule has 1 saturated heterocycles. The third kappa shape index (κ3) is 4.50. The highest BCUT2D eigenvalue weighted by molar-refractivity contribution is 5.77. The molecule has 0 aromatic carbocycles. The molecule has 1 aliphatic rings. The highest BCUT2D eigenvalue weighted by Gasteiger charge is 2.21. The number of carboxylic acid groups (broad SMARTS) is 1. The van der Waals surface area contributed by atoms with Crippen molar-refractivity contribution in [2.45, 2.75) is 12.5 Å². The lowest BCUT2D eigenvalue weighted by molar-refractivity contribution is -0.148. The summed E-state index contributed by atoms with van der Waals surface area (Å²) in [6, 6.07) is -0.228. The Morgan fingerprint density at radius 2 is 2.06 bits per heavy atom. The Morgan fingerprint density at radius 1 is 1.33 bits per heavy atom. The molecular weight excluding hydrogens is 238 g/mol. The molecule has 0 aliphatic carbocycles. The van der Waals surface area contributed by atoms with Crippen LogP contribution in [0, 0.1) is 0 Å². The Morgan fingerprint density at radius 3 is 2.67 bits per heavy atom. The first-order valence-corrected chi connectivity index (χ1v) is 6.01. The number of carbonyl (C=O) groups excluding carboxylic acids is 1. The molecule has 0 aromatic heterocycles. The predicted octanol–water partition coefficient (Wildman–Crippen LogP) is -0.567. The molecule has 0 spiro atoms.